The van der Waals surface area contributed by atoms with Crippen LogP contribution in [0.5, 0.6) is 0 Å². The van der Waals surface area contributed by atoms with Crippen LogP contribution in [-0.2, 0) is 4.74 Å². The molecule has 0 unspecified atom stereocenters. The largest absolute Gasteiger partial charge is 0.390 e. The Bertz CT molecular complexity index is 261. The highest BCUT2D eigenvalue weighted by Crippen LogP contribution is 2.61. The molecule has 1 N–H and O–H groups in total. The van der Waals surface area contributed by atoms with E-state index in [2.05, 4.69) is 12.2 Å². The highest BCUT2D eigenvalue weighted by molar-refractivity contribution is 5.24. The van der Waals surface area contributed by atoms with E-state index in [4.69, 9.17) is 4.74 Å². The summed E-state index contributed by atoms with van der Waals surface area (Å²) in [5, 5.41) is 9.87. The molecular weight excluding hydrogens is 152 g/mol. The summed E-state index contributed by atoms with van der Waals surface area (Å²) in [6.07, 6.45) is 6.40. The van der Waals surface area contributed by atoms with Crippen LogP contribution in [0.25, 0.3) is 0 Å². The Morgan fingerprint density at radius 1 is 1.08 bits per heavy atom. The number of hydrogen-bond acceptors (Lipinski definition) is 2. The predicted molar refractivity (Wildman–Crippen MR) is 42.4 cm³/mol. The molecule has 64 valence electrons. The molecule has 1 aliphatic heterocycles. The third-order valence-electron chi connectivity index (χ3n) is 4.25. The zero-order chi connectivity index (χ0) is 7.87. The molecule has 0 radical (unpaired) electrons. The quantitative estimate of drug-likeness (QED) is 0.419. The van der Waals surface area contributed by atoms with Crippen LogP contribution in [0.3, 0.4) is 0 Å². The number of aliphatic hydroxyl groups excluding tert-OH is 1. The van der Waals surface area contributed by atoms with Crippen molar-refractivity contribution >= 4 is 0 Å². The lowest BCUT2D eigenvalue weighted by molar-refractivity contribution is 0.0364. The van der Waals surface area contributed by atoms with Gasteiger partial charge in [0.05, 0.1) is 12.2 Å². The summed E-state index contributed by atoms with van der Waals surface area (Å²) >= 11 is 0. The van der Waals surface area contributed by atoms with E-state index in [0.29, 0.717) is 23.9 Å². The molecule has 2 nitrogen and oxygen atoms in total. The van der Waals surface area contributed by atoms with Crippen molar-refractivity contribution in [2.75, 3.05) is 0 Å². The second-order valence-corrected chi connectivity index (χ2v) is 4.66. The molecule has 3 fully saturated rings. The van der Waals surface area contributed by atoms with Gasteiger partial charge in [-0.15, -0.1) is 0 Å². The van der Waals surface area contributed by atoms with E-state index >= 15 is 0 Å². The predicted octanol–water partition coefficient (Wildman–Crippen LogP) is 0.567. The lowest BCUT2D eigenvalue weighted by Crippen LogP contribution is -2.29. The first-order valence-corrected chi connectivity index (χ1v) is 4.88. The van der Waals surface area contributed by atoms with Gasteiger partial charge < -0.3 is 9.84 Å². The van der Waals surface area contributed by atoms with Gasteiger partial charge in [-0.2, -0.15) is 0 Å². The number of ether oxygens (including phenoxy) is 1. The first-order chi connectivity index (χ1) is 5.86. The maximum atomic E-state index is 9.87. The molecule has 7 atom stereocenters. The number of hydrogen-bond donors (Lipinski definition) is 1. The zero-order valence-corrected chi connectivity index (χ0v) is 6.76. The van der Waals surface area contributed by atoms with Crippen LogP contribution in [0.4, 0.5) is 0 Å². The van der Waals surface area contributed by atoms with Crippen LogP contribution in [0.1, 0.15) is 6.42 Å². The molecule has 12 heavy (non-hydrogen) atoms. The Morgan fingerprint density at radius 2 is 1.83 bits per heavy atom. The van der Waals surface area contributed by atoms with Gasteiger partial charge in [-0.3, -0.25) is 0 Å². The van der Waals surface area contributed by atoms with Crippen LogP contribution in [0, 0.1) is 23.7 Å². The molecule has 0 spiro atoms. The molecule has 4 aliphatic rings. The standard InChI is InChI=1S/C10H12O2/c11-8-6-4-1-2-5(3-4)7(6)9-10(8)12-9/h1-2,4-11H,3H2/t4-,5+,6+,7-,8-,9+,10-/m1/s1. The van der Waals surface area contributed by atoms with Crippen molar-refractivity contribution in [2.24, 2.45) is 23.7 Å². The van der Waals surface area contributed by atoms with E-state index in [1.807, 2.05) is 0 Å². The van der Waals surface area contributed by atoms with E-state index < -0.39 is 0 Å². The van der Waals surface area contributed by atoms with Gasteiger partial charge >= 0.3 is 0 Å². The summed E-state index contributed by atoms with van der Waals surface area (Å²) in [7, 11) is 0. The summed E-state index contributed by atoms with van der Waals surface area (Å²) in [5.74, 6) is 2.61. The molecule has 0 amide bonds. The fourth-order valence-corrected chi connectivity index (χ4v) is 3.78. The third-order valence-corrected chi connectivity index (χ3v) is 4.25. The smallest absolute Gasteiger partial charge is 0.111 e. The summed E-state index contributed by atoms with van der Waals surface area (Å²) in [5.41, 5.74) is 0. The Labute approximate surface area is 71.2 Å². The second-order valence-electron chi connectivity index (χ2n) is 4.66. The number of rotatable bonds is 0. The van der Waals surface area contributed by atoms with Crippen molar-refractivity contribution in [3.63, 3.8) is 0 Å². The highest BCUT2D eigenvalue weighted by Gasteiger charge is 2.68. The van der Waals surface area contributed by atoms with Gasteiger partial charge in [0, 0.05) is 0 Å². The van der Waals surface area contributed by atoms with E-state index in [1.54, 1.807) is 0 Å². The van der Waals surface area contributed by atoms with Crippen LogP contribution in [0.2, 0.25) is 0 Å². The number of fused-ring (bicyclic) bond motifs is 7. The molecule has 2 heteroatoms. The Hall–Kier alpha value is -0.340. The maximum Gasteiger partial charge on any atom is 0.111 e. The molecule has 1 saturated heterocycles. The summed E-state index contributed by atoms with van der Waals surface area (Å²) in [4.78, 5) is 0. The Morgan fingerprint density at radius 3 is 2.58 bits per heavy atom. The lowest BCUT2D eigenvalue weighted by Gasteiger charge is -2.25. The van der Waals surface area contributed by atoms with Crippen molar-refractivity contribution in [1.29, 1.82) is 0 Å². The SMILES string of the molecule is O[C@H]1[C@H]2O[C@H]2[C@H]2[C@@H]1[C@@H]1C=C[C@H]2C1. The monoisotopic (exact) mass is 164 g/mol. The maximum absolute atomic E-state index is 9.87. The van der Waals surface area contributed by atoms with Gasteiger partial charge in [0.15, 0.2) is 0 Å². The van der Waals surface area contributed by atoms with Gasteiger partial charge in [0.25, 0.3) is 0 Å². The van der Waals surface area contributed by atoms with Crippen molar-refractivity contribution in [2.45, 2.75) is 24.7 Å². The van der Waals surface area contributed by atoms with Gasteiger partial charge in [-0.1, -0.05) is 12.2 Å². The minimum Gasteiger partial charge on any atom is -0.390 e. The number of epoxide rings is 1. The average molecular weight is 164 g/mol. The zero-order valence-electron chi connectivity index (χ0n) is 6.76. The second kappa shape index (κ2) is 1.64. The van der Waals surface area contributed by atoms with Crippen molar-refractivity contribution in [1.82, 2.24) is 0 Å². The van der Waals surface area contributed by atoms with Gasteiger partial charge in [-0.05, 0) is 30.1 Å². The van der Waals surface area contributed by atoms with E-state index in [0.717, 1.165) is 5.92 Å². The van der Waals surface area contributed by atoms with Crippen molar-refractivity contribution < 1.29 is 9.84 Å². The summed E-state index contributed by atoms with van der Waals surface area (Å²) in [6, 6.07) is 0. The van der Waals surface area contributed by atoms with Crippen molar-refractivity contribution in [3.8, 4) is 0 Å². The fraction of sp³-hybridized carbons (Fsp3) is 0.800. The average Bonchev–Trinajstić information content (AvgIpc) is 2.49. The van der Waals surface area contributed by atoms with E-state index in [-0.39, 0.29) is 12.2 Å². The summed E-state index contributed by atoms with van der Waals surface area (Å²) in [6.45, 7) is 0. The number of aliphatic hydroxyl groups is 1. The molecule has 2 saturated carbocycles. The minimum atomic E-state index is -0.153. The van der Waals surface area contributed by atoms with Crippen LogP contribution >= 0.6 is 0 Å². The van der Waals surface area contributed by atoms with Crippen LogP contribution < -0.4 is 0 Å². The van der Waals surface area contributed by atoms with E-state index in [9.17, 15) is 5.11 Å². The van der Waals surface area contributed by atoms with Gasteiger partial charge in [-0.25, -0.2) is 0 Å². The lowest BCUT2D eigenvalue weighted by atomic mass is 9.84. The molecule has 0 aromatic heterocycles. The first kappa shape index (κ1) is 6.17. The van der Waals surface area contributed by atoms with Crippen molar-refractivity contribution in [3.05, 3.63) is 12.2 Å². The third kappa shape index (κ3) is 0.485. The minimum absolute atomic E-state index is 0.153. The first-order valence-electron chi connectivity index (χ1n) is 4.88. The number of allylic oxidation sites excluding steroid dienone is 2. The highest BCUT2D eigenvalue weighted by atomic mass is 16.6. The van der Waals surface area contributed by atoms with Gasteiger partial charge in [0.2, 0.25) is 0 Å². The van der Waals surface area contributed by atoms with E-state index in [1.165, 1.54) is 6.42 Å². The topological polar surface area (TPSA) is 32.8 Å². The normalized spacial score (nSPS) is 69.9. The fourth-order valence-electron chi connectivity index (χ4n) is 3.78. The molecule has 0 aromatic rings. The molecule has 3 aliphatic carbocycles. The molecule has 1 heterocycles. The Balaban J connectivity index is 1.81. The molecule has 2 bridgehead atoms. The van der Waals surface area contributed by atoms with Gasteiger partial charge in [0.1, 0.15) is 6.10 Å². The molecule has 4 rings (SSSR count). The Kier molecular flexibility index (Phi) is 0.840. The van der Waals surface area contributed by atoms with Crippen LogP contribution in [-0.4, -0.2) is 23.4 Å². The molecular formula is C10H12O2. The summed E-state index contributed by atoms with van der Waals surface area (Å²) < 4.78 is 5.45. The molecule has 0 aromatic carbocycles. The van der Waals surface area contributed by atoms with Crippen LogP contribution in [0.15, 0.2) is 12.2 Å².